The minimum Gasteiger partial charge on any atom is -0.394 e. The Morgan fingerprint density at radius 2 is 1.93 bits per heavy atom. The number of aliphatic hydroxyl groups is 1. The fourth-order valence-corrected chi connectivity index (χ4v) is 2.12. The molecule has 0 aromatic carbocycles. The fraction of sp³-hybridized carbons (Fsp3) is 1.00. The van der Waals surface area contributed by atoms with Crippen LogP contribution >= 0.6 is 0 Å². The third-order valence-corrected chi connectivity index (χ3v) is 3.02. The molecule has 1 fully saturated rings. The van der Waals surface area contributed by atoms with Gasteiger partial charge >= 0.3 is 0 Å². The highest BCUT2D eigenvalue weighted by molar-refractivity contribution is 4.87. The summed E-state index contributed by atoms with van der Waals surface area (Å²) in [4.78, 5) is 2.35. The van der Waals surface area contributed by atoms with Gasteiger partial charge in [-0.3, -0.25) is 4.90 Å². The average Bonchev–Trinajstić information content (AvgIpc) is 2.16. The van der Waals surface area contributed by atoms with Crippen LogP contribution in [0.15, 0.2) is 0 Å². The zero-order chi connectivity index (χ0) is 11.5. The molecule has 1 unspecified atom stereocenters. The molecule has 0 spiro atoms. The van der Waals surface area contributed by atoms with Crippen LogP contribution < -0.4 is 5.32 Å². The minimum atomic E-state index is -0.212. The van der Waals surface area contributed by atoms with Gasteiger partial charge in [-0.25, -0.2) is 0 Å². The number of rotatable bonds is 4. The van der Waals surface area contributed by atoms with Crippen molar-refractivity contribution in [3.63, 3.8) is 0 Å². The van der Waals surface area contributed by atoms with E-state index in [0.717, 1.165) is 19.6 Å². The molecular formula is C11H24N2O2. The van der Waals surface area contributed by atoms with E-state index in [1.165, 1.54) is 0 Å². The maximum absolute atomic E-state index is 9.33. The van der Waals surface area contributed by atoms with Gasteiger partial charge in [-0.05, 0) is 27.8 Å². The van der Waals surface area contributed by atoms with E-state index in [2.05, 4.69) is 24.1 Å². The van der Waals surface area contributed by atoms with Crippen molar-refractivity contribution in [1.29, 1.82) is 0 Å². The molecular weight excluding hydrogens is 192 g/mol. The molecule has 0 aliphatic carbocycles. The fourth-order valence-electron chi connectivity index (χ4n) is 2.12. The number of likely N-dealkylation sites (N-methyl/N-ethyl adjacent to an activating group) is 1. The van der Waals surface area contributed by atoms with Crippen molar-refractivity contribution in [3.05, 3.63) is 0 Å². The Bertz CT molecular complexity index is 185. The molecule has 1 aliphatic heterocycles. The van der Waals surface area contributed by atoms with Crippen LogP contribution in [0.4, 0.5) is 0 Å². The number of nitrogens with zero attached hydrogens (tertiary/aromatic N) is 1. The van der Waals surface area contributed by atoms with Crippen molar-refractivity contribution in [2.24, 2.45) is 0 Å². The molecule has 4 heteroatoms. The molecule has 15 heavy (non-hydrogen) atoms. The van der Waals surface area contributed by atoms with Crippen molar-refractivity contribution in [3.8, 4) is 0 Å². The van der Waals surface area contributed by atoms with Gasteiger partial charge in [-0.15, -0.1) is 0 Å². The van der Waals surface area contributed by atoms with Crippen LogP contribution in [0.3, 0.4) is 0 Å². The lowest BCUT2D eigenvalue weighted by Gasteiger charge is -2.40. The molecule has 1 saturated heterocycles. The molecule has 0 saturated carbocycles. The van der Waals surface area contributed by atoms with E-state index in [1.807, 2.05) is 14.0 Å². The molecule has 1 heterocycles. The second-order valence-electron chi connectivity index (χ2n) is 4.92. The van der Waals surface area contributed by atoms with E-state index in [1.54, 1.807) is 0 Å². The van der Waals surface area contributed by atoms with Crippen LogP contribution in [0.5, 0.6) is 0 Å². The largest absolute Gasteiger partial charge is 0.394 e. The Balaban J connectivity index is 2.49. The van der Waals surface area contributed by atoms with Gasteiger partial charge in [0.2, 0.25) is 0 Å². The third-order valence-electron chi connectivity index (χ3n) is 3.02. The summed E-state index contributed by atoms with van der Waals surface area (Å²) < 4.78 is 5.67. The summed E-state index contributed by atoms with van der Waals surface area (Å²) in [6.07, 6.45) is 0.571. The molecule has 0 bridgehead atoms. The lowest BCUT2D eigenvalue weighted by Crippen LogP contribution is -2.56. The molecule has 0 radical (unpaired) electrons. The van der Waals surface area contributed by atoms with Crippen molar-refractivity contribution in [1.82, 2.24) is 10.2 Å². The summed E-state index contributed by atoms with van der Waals surface area (Å²) in [5.74, 6) is 0. The first kappa shape index (κ1) is 12.9. The molecule has 2 N–H and O–H groups in total. The lowest BCUT2D eigenvalue weighted by molar-refractivity contribution is -0.0753. The van der Waals surface area contributed by atoms with Crippen molar-refractivity contribution < 1.29 is 9.84 Å². The van der Waals surface area contributed by atoms with Gasteiger partial charge in [0, 0.05) is 19.6 Å². The summed E-state index contributed by atoms with van der Waals surface area (Å²) in [7, 11) is 1.89. The summed E-state index contributed by atoms with van der Waals surface area (Å²) in [5.41, 5.74) is -0.212. The second kappa shape index (κ2) is 5.25. The number of morpholine rings is 1. The first-order chi connectivity index (χ1) is 6.99. The normalized spacial score (nSPS) is 32.6. The first-order valence-electron chi connectivity index (χ1n) is 5.66. The number of nitrogens with one attached hydrogen (secondary N) is 1. The predicted molar refractivity (Wildman–Crippen MR) is 61.0 cm³/mol. The monoisotopic (exact) mass is 216 g/mol. The number of ether oxygens (including phenoxy) is 1. The lowest BCUT2D eigenvalue weighted by atomic mass is 10.0. The minimum absolute atomic E-state index is 0.156. The summed E-state index contributed by atoms with van der Waals surface area (Å²) >= 11 is 0. The van der Waals surface area contributed by atoms with E-state index in [9.17, 15) is 5.11 Å². The maximum Gasteiger partial charge on any atom is 0.0678 e. The Morgan fingerprint density at radius 3 is 2.33 bits per heavy atom. The number of aliphatic hydroxyl groups excluding tert-OH is 1. The van der Waals surface area contributed by atoms with E-state index in [0.29, 0.717) is 0 Å². The van der Waals surface area contributed by atoms with Crippen LogP contribution in [-0.2, 0) is 4.74 Å². The van der Waals surface area contributed by atoms with E-state index >= 15 is 0 Å². The van der Waals surface area contributed by atoms with Gasteiger partial charge in [0.15, 0.2) is 0 Å². The van der Waals surface area contributed by atoms with Gasteiger partial charge in [0.25, 0.3) is 0 Å². The van der Waals surface area contributed by atoms with Crippen LogP contribution in [0.25, 0.3) is 0 Å². The van der Waals surface area contributed by atoms with Crippen molar-refractivity contribution in [2.75, 3.05) is 33.3 Å². The Morgan fingerprint density at radius 1 is 1.40 bits per heavy atom. The Hall–Kier alpha value is -0.160. The molecule has 0 aromatic heterocycles. The van der Waals surface area contributed by atoms with E-state index in [4.69, 9.17) is 4.74 Å². The highest BCUT2D eigenvalue weighted by Gasteiger charge is 2.29. The summed E-state index contributed by atoms with van der Waals surface area (Å²) in [5, 5.41) is 12.5. The molecule has 0 aromatic rings. The topological polar surface area (TPSA) is 44.7 Å². The van der Waals surface area contributed by atoms with E-state index in [-0.39, 0.29) is 24.4 Å². The second-order valence-corrected chi connectivity index (χ2v) is 4.92. The van der Waals surface area contributed by atoms with Crippen molar-refractivity contribution in [2.45, 2.75) is 38.5 Å². The highest BCUT2D eigenvalue weighted by Crippen LogP contribution is 2.14. The summed E-state index contributed by atoms with van der Waals surface area (Å²) in [6, 6.07) is 0. The average molecular weight is 216 g/mol. The maximum atomic E-state index is 9.33. The van der Waals surface area contributed by atoms with Crippen molar-refractivity contribution >= 4 is 0 Å². The highest BCUT2D eigenvalue weighted by atomic mass is 16.5. The molecule has 3 atom stereocenters. The molecule has 4 nitrogen and oxygen atoms in total. The molecule has 90 valence electrons. The SMILES string of the molecule is CNC(C)(CO)CN1C[C@@H](C)O[C@@H](C)C1. The number of hydrogen-bond acceptors (Lipinski definition) is 4. The Labute approximate surface area is 92.6 Å². The standard InChI is InChI=1S/C11H24N2O2/c1-9-5-13(6-10(2)15-9)7-11(3,8-14)12-4/h9-10,12,14H,5-8H2,1-4H3/t9-,10+,11?. The van der Waals surface area contributed by atoms with Crippen LogP contribution in [0.2, 0.25) is 0 Å². The van der Waals surface area contributed by atoms with Crippen LogP contribution in [-0.4, -0.2) is 61.0 Å². The van der Waals surface area contributed by atoms with Gasteiger partial charge in [-0.2, -0.15) is 0 Å². The molecule has 0 amide bonds. The van der Waals surface area contributed by atoms with Gasteiger partial charge < -0.3 is 15.2 Å². The number of hydrogen-bond donors (Lipinski definition) is 2. The quantitative estimate of drug-likeness (QED) is 0.698. The smallest absolute Gasteiger partial charge is 0.0678 e. The van der Waals surface area contributed by atoms with Gasteiger partial charge in [-0.1, -0.05) is 0 Å². The van der Waals surface area contributed by atoms with E-state index < -0.39 is 0 Å². The third kappa shape index (κ3) is 3.72. The van der Waals surface area contributed by atoms with Crippen LogP contribution in [0, 0.1) is 0 Å². The predicted octanol–water partition coefficient (Wildman–Crippen LogP) is 0.0660. The first-order valence-corrected chi connectivity index (χ1v) is 5.66. The van der Waals surface area contributed by atoms with Gasteiger partial charge in [0.05, 0.1) is 24.4 Å². The zero-order valence-electron chi connectivity index (χ0n) is 10.3. The van der Waals surface area contributed by atoms with Gasteiger partial charge in [0.1, 0.15) is 0 Å². The van der Waals surface area contributed by atoms with Crippen LogP contribution in [0.1, 0.15) is 20.8 Å². The molecule has 1 aliphatic rings. The zero-order valence-corrected chi connectivity index (χ0v) is 10.3. The summed E-state index contributed by atoms with van der Waals surface area (Å²) in [6.45, 7) is 9.14. The molecule has 1 rings (SSSR count). The Kier molecular flexibility index (Phi) is 4.52.